The lowest BCUT2D eigenvalue weighted by Crippen LogP contribution is -2.51. The van der Waals surface area contributed by atoms with Crippen molar-refractivity contribution < 1.29 is 4.79 Å². The van der Waals surface area contributed by atoms with Crippen molar-refractivity contribution in [2.45, 2.75) is 26.8 Å². The molecule has 4 aromatic rings. The van der Waals surface area contributed by atoms with Gasteiger partial charge in [-0.2, -0.15) is 0 Å². The van der Waals surface area contributed by atoms with Crippen molar-refractivity contribution in [3.63, 3.8) is 0 Å². The van der Waals surface area contributed by atoms with Gasteiger partial charge in [-0.3, -0.25) is 9.36 Å². The van der Waals surface area contributed by atoms with E-state index in [1.54, 1.807) is 4.90 Å². The summed E-state index contributed by atoms with van der Waals surface area (Å²) in [6.45, 7) is 6.75. The number of para-hydroxylation sites is 3. The van der Waals surface area contributed by atoms with Crippen LogP contribution in [0.25, 0.3) is 11.0 Å². The molecule has 1 N–H and O–H groups in total. The zero-order valence-electron chi connectivity index (χ0n) is 20.8. The third-order valence-electron chi connectivity index (χ3n) is 6.80. The number of rotatable bonds is 5. The predicted molar refractivity (Wildman–Crippen MR) is 145 cm³/mol. The van der Waals surface area contributed by atoms with Crippen LogP contribution >= 0.6 is 0 Å². The van der Waals surface area contributed by atoms with Gasteiger partial charge in [0.2, 0.25) is 0 Å². The number of anilines is 2. The van der Waals surface area contributed by atoms with Gasteiger partial charge in [0.05, 0.1) is 17.6 Å². The number of fused-ring (bicyclic) bond motifs is 1. The first-order chi connectivity index (χ1) is 17.5. The average molecular weight is 482 g/mol. The molecule has 5 rings (SSSR count). The van der Waals surface area contributed by atoms with Crippen molar-refractivity contribution in [1.29, 1.82) is 0 Å². The number of nitrogens with one attached hydrogen (secondary N) is 1. The first kappa shape index (κ1) is 23.6. The fourth-order valence-corrected chi connectivity index (χ4v) is 4.68. The van der Waals surface area contributed by atoms with E-state index in [0.717, 1.165) is 34.3 Å². The first-order valence-corrected chi connectivity index (χ1v) is 12.5. The van der Waals surface area contributed by atoms with E-state index in [4.69, 9.17) is 4.98 Å². The molecule has 0 unspecified atom stereocenters. The van der Waals surface area contributed by atoms with Crippen LogP contribution in [0.15, 0.2) is 77.6 Å². The molecule has 0 saturated carbocycles. The van der Waals surface area contributed by atoms with E-state index in [1.807, 2.05) is 58.0 Å². The van der Waals surface area contributed by atoms with Gasteiger partial charge in [-0.05, 0) is 42.7 Å². The highest BCUT2D eigenvalue weighted by molar-refractivity contribution is 5.90. The number of carbonyl (C=O) groups excluding carboxylic acids is 1. The quantitative estimate of drug-likeness (QED) is 0.450. The molecule has 1 saturated heterocycles. The summed E-state index contributed by atoms with van der Waals surface area (Å²) >= 11 is 0. The Bertz CT molecular complexity index is 1440. The topological polar surface area (TPSA) is 70.5 Å². The van der Waals surface area contributed by atoms with E-state index >= 15 is 0 Å². The predicted octanol–water partition coefficient (Wildman–Crippen LogP) is 4.67. The van der Waals surface area contributed by atoms with Gasteiger partial charge in [0, 0.05) is 31.9 Å². The zero-order chi connectivity index (χ0) is 25.1. The second-order valence-electron chi connectivity index (χ2n) is 9.22. The molecule has 3 aromatic carbocycles. The van der Waals surface area contributed by atoms with Crippen molar-refractivity contribution in [1.82, 2.24) is 14.5 Å². The fraction of sp³-hybridized carbons (Fsp3) is 0.276. The standard InChI is InChI=1S/C29H31N5O2/c1-3-23-8-4-5-9-24(23)31-29(36)33-18-16-32(17-19-33)27-28(35)34(20-22-14-12-21(2)13-15-22)26-11-7-6-10-25(26)30-27/h4-15H,3,16-20H2,1-2H3,(H,31,36). The molecule has 1 aliphatic rings. The van der Waals surface area contributed by atoms with Crippen molar-refractivity contribution in [3.05, 3.63) is 99.8 Å². The number of aromatic nitrogens is 2. The molecule has 0 spiro atoms. The summed E-state index contributed by atoms with van der Waals surface area (Å²) in [4.78, 5) is 35.1. The van der Waals surface area contributed by atoms with E-state index in [0.29, 0.717) is 38.5 Å². The van der Waals surface area contributed by atoms with Crippen LogP contribution in [0.5, 0.6) is 0 Å². The lowest BCUT2D eigenvalue weighted by atomic mass is 10.1. The first-order valence-electron chi connectivity index (χ1n) is 12.5. The maximum atomic E-state index is 13.6. The molecule has 1 aliphatic heterocycles. The fourth-order valence-electron chi connectivity index (χ4n) is 4.68. The molecule has 7 nitrogen and oxygen atoms in total. The van der Waals surface area contributed by atoms with E-state index in [9.17, 15) is 9.59 Å². The number of benzene rings is 3. The van der Waals surface area contributed by atoms with Gasteiger partial charge in [-0.15, -0.1) is 0 Å². The molecule has 7 heteroatoms. The third-order valence-corrected chi connectivity index (χ3v) is 6.80. The van der Waals surface area contributed by atoms with E-state index in [2.05, 4.69) is 43.4 Å². The maximum Gasteiger partial charge on any atom is 0.321 e. The minimum Gasteiger partial charge on any atom is -0.348 e. The number of hydrogen-bond acceptors (Lipinski definition) is 4. The van der Waals surface area contributed by atoms with Crippen LogP contribution < -0.4 is 15.8 Å². The minimum absolute atomic E-state index is 0.107. The van der Waals surface area contributed by atoms with Crippen molar-refractivity contribution >= 4 is 28.6 Å². The molecule has 0 radical (unpaired) electrons. The van der Waals surface area contributed by atoms with E-state index in [-0.39, 0.29) is 11.6 Å². The Hall–Kier alpha value is -4.13. The Morgan fingerprint density at radius 1 is 0.917 bits per heavy atom. The van der Waals surface area contributed by atoms with Crippen LogP contribution in [0.4, 0.5) is 16.3 Å². The lowest BCUT2D eigenvalue weighted by Gasteiger charge is -2.35. The van der Waals surface area contributed by atoms with Crippen LogP contribution in [0.1, 0.15) is 23.6 Å². The Morgan fingerprint density at radius 2 is 1.61 bits per heavy atom. The molecule has 1 fully saturated rings. The number of amides is 2. The highest BCUT2D eigenvalue weighted by Gasteiger charge is 2.25. The molecular weight excluding hydrogens is 450 g/mol. The summed E-state index contributed by atoms with van der Waals surface area (Å²) in [7, 11) is 0. The van der Waals surface area contributed by atoms with Gasteiger partial charge in [0.1, 0.15) is 0 Å². The van der Waals surface area contributed by atoms with Crippen molar-refractivity contribution in [2.24, 2.45) is 0 Å². The van der Waals surface area contributed by atoms with Crippen LogP contribution in [-0.4, -0.2) is 46.7 Å². The SMILES string of the molecule is CCc1ccccc1NC(=O)N1CCN(c2nc3ccccc3n(Cc3ccc(C)cc3)c2=O)CC1. The highest BCUT2D eigenvalue weighted by Crippen LogP contribution is 2.19. The van der Waals surface area contributed by atoms with Crippen LogP contribution in [0.2, 0.25) is 0 Å². The van der Waals surface area contributed by atoms with E-state index < -0.39 is 0 Å². The van der Waals surface area contributed by atoms with Gasteiger partial charge < -0.3 is 15.1 Å². The van der Waals surface area contributed by atoms with Gasteiger partial charge in [-0.1, -0.05) is 67.1 Å². The maximum absolute atomic E-state index is 13.6. The lowest BCUT2D eigenvalue weighted by molar-refractivity contribution is 0.208. The molecule has 2 amide bonds. The van der Waals surface area contributed by atoms with Gasteiger partial charge in [-0.25, -0.2) is 9.78 Å². The molecule has 0 bridgehead atoms. The van der Waals surface area contributed by atoms with Crippen molar-refractivity contribution in [3.8, 4) is 0 Å². The second-order valence-corrected chi connectivity index (χ2v) is 9.22. The van der Waals surface area contributed by atoms with Gasteiger partial charge in [0.15, 0.2) is 5.82 Å². The number of piperazine rings is 1. The Morgan fingerprint density at radius 3 is 2.36 bits per heavy atom. The second kappa shape index (κ2) is 10.2. The number of aryl methyl sites for hydroxylation is 2. The normalized spacial score (nSPS) is 13.7. The monoisotopic (exact) mass is 481 g/mol. The highest BCUT2D eigenvalue weighted by atomic mass is 16.2. The smallest absolute Gasteiger partial charge is 0.321 e. The summed E-state index contributed by atoms with van der Waals surface area (Å²) < 4.78 is 1.81. The molecule has 0 atom stereocenters. The Labute approximate surface area is 211 Å². The average Bonchev–Trinajstić information content (AvgIpc) is 2.91. The van der Waals surface area contributed by atoms with Crippen LogP contribution in [0, 0.1) is 6.92 Å². The largest absolute Gasteiger partial charge is 0.348 e. The molecule has 1 aromatic heterocycles. The summed E-state index contributed by atoms with van der Waals surface area (Å²) in [6.07, 6.45) is 0.854. The zero-order valence-corrected chi connectivity index (χ0v) is 20.8. The Balaban J connectivity index is 1.36. The Kier molecular flexibility index (Phi) is 6.71. The molecule has 184 valence electrons. The van der Waals surface area contributed by atoms with Gasteiger partial charge in [0.25, 0.3) is 5.56 Å². The van der Waals surface area contributed by atoms with Crippen molar-refractivity contribution in [2.75, 3.05) is 36.4 Å². The molecule has 2 heterocycles. The molecular formula is C29H31N5O2. The third kappa shape index (κ3) is 4.82. The van der Waals surface area contributed by atoms with Gasteiger partial charge >= 0.3 is 6.03 Å². The van der Waals surface area contributed by atoms with Crippen LogP contribution in [0.3, 0.4) is 0 Å². The summed E-state index contributed by atoms with van der Waals surface area (Å²) in [5.41, 5.74) is 5.71. The summed E-state index contributed by atoms with van der Waals surface area (Å²) in [5, 5.41) is 3.05. The molecule has 36 heavy (non-hydrogen) atoms. The summed E-state index contributed by atoms with van der Waals surface area (Å²) in [6, 6.07) is 23.8. The number of urea groups is 1. The van der Waals surface area contributed by atoms with E-state index in [1.165, 1.54) is 5.56 Å². The minimum atomic E-state index is -0.112. The summed E-state index contributed by atoms with van der Waals surface area (Å²) in [5.74, 6) is 0.442. The number of hydrogen-bond donors (Lipinski definition) is 1. The van der Waals surface area contributed by atoms with Crippen LogP contribution in [-0.2, 0) is 13.0 Å². The number of nitrogens with zero attached hydrogens (tertiary/aromatic N) is 4. The number of carbonyl (C=O) groups is 1. The molecule has 0 aliphatic carbocycles.